The van der Waals surface area contributed by atoms with E-state index in [0.717, 1.165) is 24.2 Å². The van der Waals surface area contributed by atoms with E-state index in [2.05, 4.69) is 10.3 Å². The number of hydrogen-bond donors (Lipinski definition) is 2. The first-order valence-electron chi connectivity index (χ1n) is 10.2. The number of Topliss-reactive ketones (excluding diaryl/α,β-unsaturated/α-hetero) is 1. The van der Waals surface area contributed by atoms with E-state index in [0.29, 0.717) is 16.8 Å². The predicted octanol–water partition coefficient (Wildman–Crippen LogP) is 2.56. The molecular weight excluding hydrogens is 398 g/mol. The molecule has 3 amide bonds. The van der Waals surface area contributed by atoms with Gasteiger partial charge in [0.25, 0.3) is 5.91 Å². The number of carbonyl (C=O) groups is 4. The van der Waals surface area contributed by atoms with Crippen LogP contribution in [0.15, 0.2) is 18.2 Å². The number of ether oxygens (including phenoxy) is 1. The van der Waals surface area contributed by atoms with Gasteiger partial charge in [-0.05, 0) is 62.3 Å². The number of aryl methyl sites for hydroxylation is 3. The minimum Gasteiger partial charge on any atom is -0.465 e. The Kier molecular flexibility index (Phi) is 4.95. The second kappa shape index (κ2) is 7.37. The summed E-state index contributed by atoms with van der Waals surface area (Å²) < 4.78 is 4.77. The van der Waals surface area contributed by atoms with E-state index in [9.17, 15) is 19.2 Å². The van der Waals surface area contributed by atoms with Crippen LogP contribution in [-0.2, 0) is 27.9 Å². The van der Waals surface area contributed by atoms with Crippen LogP contribution in [0.1, 0.15) is 62.1 Å². The van der Waals surface area contributed by atoms with Crippen LogP contribution < -0.4 is 5.32 Å². The molecule has 0 saturated carbocycles. The number of hydrogen-bond acceptors (Lipinski definition) is 5. The van der Waals surface area contributed by atoms with Gasteiger partial charge in [0, 0.05) is 5.69 Å². The highest BCUT2D eigenvalue weighted by molar-refractivity contribution is 6.11. The Morgan fingerprint density at radius 1 is 1.16 bits per heavy atom. The minimum atomic E-state index is -1.23. The lowest BCUT2D eigenvalue weighted by Crippen LogP contribution is -2.41. The van der Waals surface area contributed by atoms with Crippen LogP contribution in [0.25, 0.3) is 0 Å². The number of nitrogens with zero attached hydrogens (tertiary/aromatic N) is 1. The molecule has 4 rings (SSSR count). The van der Waals surface area contributed by atoms with Gasteiger partial charge in [-0.2, -0.15) is 0 Å². The minimum absolute atomic E-state index is 0.185. The summed E-state index contributed by atoms with van der Waals surface area (Å²) in [7, 11) is 1.27. The third-order valence-electron chi connectivity index (χ3n) is 6.36. The molecule has 1 aliphatic heterocycles. The quantitative estimate of drug-likeness (QED) is 0.436. The molecule has 2 aromatic rings. The zero-order valence-corrected chi connectivity index (χ0v) is 18.0. The summed E-state index contributed by atoms with van der Waals surface area (Å²) in [6, 6.07) is 5.24. The van der Waals surface area contributed by atoms with E-state index < -0.39 is 35.8 Å². The molecular formula is C23H25N3O5. The smallest absolute Gasteiger partial charge is 0.339 e. The Balaban J connectivity index is 1.59. The lowest BCUT2D eigenvalue weighted by Gasteiger charge is -2.23. The van der Waals surface area contributed by atoms with Crippen molar-refractivity contribution in [3.05, 3.63) is 57.4 Å². The number of nitrogens with one attached hydrogen (secondary N) is 2. The van der Waals surface area contributed by atoms with Crippen LogP contribution in [0.2, 0.25) is 0 Å². The zero-order chi connectivity index (χ0) is 22.5. The lowest BCUT2D eigenvalue weighted by atomic mass is 9.89. The maximum Gasteiger partial charge on any atom is 0.339 e. The molecule has 162 valence electrons. The number of fused-ring (bicyclic) bond motifs is 1. The SMILES string of the molecule is COC(=O)c1c(C)[nH]c(C(=O)CN2C(=O)NC(C)(c3ccc4c(c3)CCC4)C2=O)c1C. The van der Waals surface area contributed by atoms with Gasteiger partial charge >= 0.3 is 12.0 Å². The number of H-pyrrole nitrogens is 1. The number of esters is 1. The average Bonchev–Trinajstić information content (AvgIpc) is 3.38. The van der Waals surface area contributed by atoms with Crippen LogP contribution in [0.3, 0.4) is 0 Å². The number of amides is 3. The van der Waals surface area contributed by atoms with Crippen molar-refractivity contribution in [3.8, 4) is 0 Å². The van der Waals surface area contributed by atoms with Crippen molar-refractivity contribution in [2.24, 2.45) is 0 Å². The third-order valence-corrected chi connectivity index (χ3v) is 6.36. The molecule has 0 bridgehead atoms. The van der Waals surface area contributed by atoms with Crippen molar-refractivity contribution < 1.29 is 23.9 Å². The number of methoxy groups -OCH3 is 1. The van der Waals surface area contributed by atoms with Crippen molar-refractivity contribution in [1.29, 1.82) is 0 Å². The van der Waals surface area contributed by atoms with Gasteiger partial charge in [0.1, 0.15) is 5.54 Å². The highest BCUT2D eigenvalue weighted by Crippen LogP contribution is 2.33. The van der Waals surface area contributed by atoms with Crippen LogP contribution >= 0.6 is 0 Å². The molecule has 8 heteroatoms. The molecule has 31 heavy (non-hydrogen) atoms. The number of carbonyl (C=O) groups excluding carboxylic acids is 4. The molecule has 1 unspecified atom stereocenters. The molecule has 0 spiro atoms. The summed E-state index contributed by atoms with van der Waals surface area (Å²) in [5, 5.41) is 2.75. The van der Waals surface area contributed by atoms with Gasteiger partial charge in [0.05, 0.1) is 24.9 Å². The first-order valence-corrected chi connectivity index (χ1v) is 10.2. The largest absolute Gasteiger partial charge is 0.465 e. The van der Waals surface area contributed by atoms with Gasteiger partial charge in [-0.25, -0.2) is 9.59 Å². The van der Waals surface area contributed by atoms with Gasteiger partial charge in [-0.15, -0.1) is 0 Å². The summed E-state index contributed by atoms with van der Waals surface area (Å²) in [5.41, 5.74) is 3.35. The zero-order valence-electron chi connectivity index (χ0n) is 18.0. The van der Waals surface area contributed by atoms with Gasteiger partial charge in [-0.1, -0.05) is 18.2 Å². The monoisotopic (exact) mass is 423 g/mol. The molecule has 1 aromatic heterocycles. The van der Waals surface area contributed by atoms with Crippen molar-refractivity contribution in [2.75, 3.05) is 13.7 Å². The second-order valence-corrected chi connectivity index (χ2v) is 8.32. The van der Waals surface area contributed by atoms with E-state index in [1.54, 1.807) is 20.8 Å². The molecule has 0 radical (unpaired) electrons. The van der Waals surface area contributed by atoms with Crippen LogP contribution in [0.5, 0.6) is 0 Å². The first-order chi connectivity index (χ1) is 14.7. The fourth-order valence-electron chi connectivity index (χ4n) is 4.58. The molecule has 2 N–H and O–H groups in total. The first kappa shape index (κ1) is 20.8. The summed E-state index contributed by atoms with van der Waals surface area (Å²) in [6.07, 6.45) is 3.06. The van der Waals surface area contributed by atoms with Gasteiger partial charge in [0.2, 0.25) is 0 Å². The molecule has 1 aliphatic carbocycles. The maximum absolute atomic E-state index is 13.2. The van der Waals surface area contributed by atoms with Crippen LogP contribution in [0.4, 0.5) is 4.79 Å². The highest BCUT2D eigenvalue weighted by Gasteiger charge is 2.49. The van der Waals surface area contributed by atoms with E-state index in [-0.39, 0.29) is 11.3 Å². The van der Waals surface area contributed by atoms with Crippen molar-refractivity contribution in [1.82, 2.24) is 15.2 Å². The molecule has 1 atom stereocenters. The molecule has 8 nitrogen and oxygen atoms in total. The van der Waals surface area contributed by atoms with Crippen LogP contribution in [0, 0.1) is 13.8 Å². The maximum atomic E-state index is 13.2. The van der Waals surface area contributed by atoms with Crippen molar-refractivity contribution >= 4 is 23.7 Å². The summed E-state index contributed by atoms with van der Waals surface area (Å²) in [6.45, 7) is 4.53. The van der Waals surface area contributed by atoms with E-state index in [4.69, 9.17) is 4.74 Å². The summed E-state index contributed by atoms with van der Waals surface area (Å²) in [4.78, 5) is 54.6. The second-order valence-electron chi connectivity index (χ2n) is 8.32. The van der Waals surface area contributed by atoms with Crippen LogP contribution in [-0.4, -0.2) is 47.2 Å². The number of aromatic amines is 1. The Hall–Kier alpha value is -3.42. The van der Waals surface area contributed by atoms with E-state index >= 15 is 0 Å². The average molecular weight is 423 g/mol. The number of urea groups is 1. The van der Waals surface area contributed by atoms with E-state index in [1.165, 1.54) is 18.2 Å². The standard InChI is InChI=1S/C23H25N3O5/c1-12-18(20(28)31-4)13(2)24-19(12)17(27)11-26-21(29)23(3,25-22(26)30)16-9-8-14-6-5-7-15(14)10-16/h8-10,24H,5-7,11H2,1-4H3,(H,25,30). The molecule has 2 heterocycles. The Labute approximate surface area is 179 Å². The molecule has 2 aliphatic rings. The van der Waals surface area contributed by atoms with Gasteiger partial charge in [-0.3, -0.25) is 14.5 Å². The number of benzene rings is 1. The number of rotatable bonds is 5. The number of aromatic nitrogens is 1. The number of ketones is 1. The lowest BCUT2D eigenvalue weighted by molar-refractivity contribution is -0.130. The predicted molar refractivity (Wildman–Crippen MR) is 112 cm³/mol. The Morgan fingerprint density at radius 2 is 1.87 bits per heavy atom. The third kappa shape index (κ3) is 3.22. The fraction of sp³-hybridized carbons (Fsp3) is 0.391. The molecule has 1 saturated heterocycles. The topological polar surface area (TPSA) is 109 Å². The van der Waals surface area contributed by atoms with Gasteiger partial charge < -0.3 is 15.0 Å². The van der Waals surface area contributed by atoms with Crippen molar-refractivity contribution in [3.63, 3.8) is 0 Å². The Bertz CT molecular complexity index is 1130. The Morgan fingerprint density at radius 3 is 2.58 bits per heavy atom. The molecule has 1 aromatic carbocycles. The van der Waals surface area contributed by atoms with E-state index in [1.807, 2.05) is 18.2 Å². The highest BCUT2D eigenvalue weighted by atomic mass is 16.5. The fourth-order valence-corrected chi connectivity index (χ4v) is 4.58. The van der Waals surface area contributed by atoms with Crippen molar-refractivity contribution in [2.45, 2.75) is 45.6 Å². The summed E-state index contributed by atoms with van der Waals surface area (Å²) >= 11 is 0. The normalized spacial score (nSPS) is 20.1. The number of imide groups is 1. The summed E-state index contributed by atoms with van der Waals surface area (Å²) in [5.74, 6) is -1.49. The molecule has 1 fully saturated rings. The van der Waals surface area contributed by atoms with Gasteiger partial charge in [0.15, 0.2) is 5.78 Å².